The quantitative estimate of drug-likeness (QED) is 0.841. The molecule has 1 unspecified atom stereocenters. The van der Waals surface area contributed by atoms with Crippen molar-refractivity contribution in [3.63, 3.8) is 0 Å². The van der Waals surface area contributed by atoms with E-state index in [0.717, 1.165) is 19.4 Å². The van der Waals surface area contributed by atoms with Crippen LogP contribution in [0.2, 0.25) is 0 Å². The van der Waals surface area contributed by atoms with Crippen LogP contribution in [0.15, 0.2) is 29.4 Å². The molecule has 116 valence electrons. The van der Waals surface area contributed by atoms with E-state index in [0.29, 0.717) is 18.6 Å². The van der Waals surface area contributed by atoms with Crippen LogP contribution in [0, 0.1) is 6.92 Å². The molecule has 0 aromatic heterocycles. The van der Waals surface area contributed by atoms with Crippen molar-refractivity contribution in [1.82, 2.24) is 9.91 Å². The summed E-state index contributed by atoms with van der Waals surface area (Å²) in [5.74, 6) is -0.0597. The van der Waals surface area contributed by atoms with Gasteiger partial charge in [-0.3, -0.25) is 9.59 Å². The second-order valence-electron chi connectivity index (χ2n) is 6.03. The molecule has 1 saturated heterocycles. The van der Waals surface area contributed by atoms with Gasteiger partial charge < -0.3 is 4.90 Å². The van der Waals surface area contributed by atoms with Crippen LogP contribution < -0.4 is 0 Å². The third kappa shape index (κ3) is 2.75. The molecule has 22 heavy (non-hydrogen) atoms. The summed E-state index contributed by atoms with van der Waals surface area (Å²) in [5.41, 5.74) is 2.90. The number of likely N-dealkylation sites (tertiary alicyclic amines) is 1. The van der Waals surface area contributed by atoms with Gasteiger partial charge in [-0.2, -0.15) is 5.10 Å². The molecule has 0 N–H and O–H groups in total. The van der Waals surface area contributed by atoms with Gasteiger partial charge in [0.05, 0.1) is 6.04 Å². The van der Waals surface area contributed by atoms with Gasteiger partial charge in [-0.25, -0.2) is 5.01 Å². The van der Waals surface area contributed by atoms with E-state index in [9.17, 15) is 9.59 Å². The predicted octanol–water partition coefficient (Wildman–Crippen LogP) is 2.27. The standard InChI is InChI=1S/C17H21N3O2/c1-12-5-7-13(8-6-12)15-4-3-11-20(15)17(22)14-9-10-16(21)19(2)18-14/h5-8,15H,3-4,9-11H2,1-2H3. The Morgan fingerprint density at radius 1 is 1.23 bits per heavy atom. The van der Waals surface area contributed by atoms with Crippen molar-refractivity contribution in [1.29, 1.82) is 0 Å². The van der Waals surface area contributed by atoms with Crippen molar-refractivity contribution in [2.24, 2.45) is 5.10 Å². The van der Waals surface area contributed by atoms with E-state index in [2.05, 4.69) is 36.3 Å². The van der Waals surface area contributed by atoms with E-state index < -0.39 is 0 Å². The zero-order valence-corrected chi connectivity index (χ0v) is 13.1. The summed E-state index contributed by atoms with van der Waals surface area (Å²) < 4.78 is 0. The van der Waals surface area contributed by atoms with Crippen LogP contribution in [0.5, 0.6) is 0 Å². The molecule has 3 rings (SSSR count). The molecule has 5 heteroatoms. The average Bonchev–Trinajstić information content (AvgIpc) is 2.99. The van der Waals surface area contributed by atoms with E-state index >= 15 is 0 Å². The molecule has 2 aliphatic heterocycles. The highest BCUT2D eigenvalue weighted by molar-refractivity contribution is 6.39. The molecular formula is C17H21N3O2. The molecular weight excluding hydrogens is 278 g/mol. The molecule has 1 fully saturated rings. The first-order valence-electron chi connectivity index (χ1n) is 7.78. The summed E-state index contributed by atoms with van der Waals surface area (Å²) in [6, 6.07) is 8.49. The Morgan fingerprint density at radius 3 is 2.64 bits per heavy atom. The molecule has 1 atom stereocenters. The number of aryl methyl sites for hydroxylation is 1. The number of amides is 2. The highest BCUT2D eigenvalue weighted by atomic mass is 16.2. The van der Waals surface area contributed by atoms with Crippen LogP contribution in [0.3, 0.4) is 0 Å². The molecule has 1 aromatic carbocycles. The second kappa shape index (κ2) is 5.91. The summed E-state index contributed by atoms with van der Waals surface area (Å²) in [6.45, 7) is 2.82. The van der Waals surface area contributed by atoms with Crippen LogP contribution in [-0.2, 0) is 9.59 Å². The van der Waals surface area contributed by atoms with Crippen molar-refractivity contribution in [2.75, 3.05) is 13.6 Å². The summed E-state index contributed by atoms with van der Waals surface area (Å²) in [7, 11) is 1.61. The van der Waals surface area contributed by atoms with Gasteiger partial charge in [0.2, 0.25) is 5.91 Å². The molecule has 2 amide bonds. The summed E-state index contributed by atoms with van der Waals surface area (Å²) in [4.78, 5) is 26.2. The molecule has 0 saturated carbocycles. The topological polar surface area (TPSA) is 53.0 Å². The third-order valence-electron chi connectivity index (χ3n) is 4.43. The van der Waals surface area contributed by atoms with Gasteiger partial charge in [-0.05, 0) is 25.3 Å². The lowest BCUT2D eigenvalue weighted by Gasteiger charge is -2.27. The van der Waals surface area contributed by atoms with Crippen molar-refractivity contribution in [2.45, 2.75) is 38.6 Å². The van der Waals surface area contributed by atoms with Crippen molar-refractivity contribution in [3.8, 4) is 0 Å². The number of hydrogen-bond donors (Lipinski definition) is 0. The summed E-state index contributed by atoms with van der Waals surface area (Å²) in [6.07, 6.45) is 2.80. The van der Waals surface area contributed by atoms with Crippen LogP contribution in [0.1, 0.15) is 42.9 Å². The lowest BCUT2D eigenvalue weighted by atomic mass is 10.0. The Bertz CT molecular complexity index is 621. The predicted molar refractivity (Wildman–Crippen MR) is 84.3 cm³/mol. The minimum Gasteiger partial charge on any atom is -0.331 e. The fourth-order valence-electron chi connectivity index (χ4n) is 3.13. The average molecular weight is 299 g/mol. The van der Waals surface area contributed by atoms with Gasteiger partial charge in [0.1, 0.15) is 5.71 Å². The lowest BCUT2D eigenvalue weighted by molar-refractivity contribution is -0.130. The minimum atomic E-state index is -0.0342. The maximum Gasteiger partial charge on any atom is 0.270 e. The van der Waals surface area contributed by atoms with Gasteiger partial charge >= 0.3 is 0 Å². The second-order valence-corrected chi connectivity index (χ2v) is 6.03. The van der Waals surface area contributed by atoms with Gasteiger partial charge in [0.15, 0.2) is 0 Å². The maximum absolute atomic E-state index is 12.8. The Morgan fingerprint density at radius 2 is 1.95 bits per heavy atom. The molecule has 2 aliphatic rings. The molecule has 1 aromatic rings. The molecule has 0 aliphatic carbocycles. The van der Waals surface area contributed by atoms with Crippen LogP contribution in [0.4, 0.5) is 0 Å². The van der Waals surface area contributed by atoms with E-state index in [4.69, 9.17) is 0 Å². The van der Waals surface area contributed by atoms with Crippen molar-refractivity contribution < 1.29 is 9.59 Å². The number of nitrogens with zero attached hydrogens (tertiary/aromatic N) is 3. The van der Waals surface area contributed by atoms with Crippen LogP contribution >= 0.6 is 0 Å². The molecule has 0 radical (unpaired) electrons. The number of carbonyl (C=O) groups excluding carboxylic acids is 2. The zero-order chi connectivity index (χ0) is 15.7. The van der Waals surface area contributed by atoms with E-state index in [1.807, 2.05) is 4.90 Å². The summed E-state index contributed by atoms with van der Waals surface area (Å²) in [5, 5.41) is 5.44. The smallest absolute Gasteiger partial charge is 0.270 e. The Labute approximate surface area is 130 Å². The molecule has 0 spiro atoms. The van der Waals surface area contributed by atoms with Gasteiger partial charge in [0, 0.05) is 26.4 Å². The zero-order valence-electron chi connectivity index (χ0n) is 13.1. The third-order valence-corrected chi connectivity index (χ3v) is 4.43. The minimum absolute atomic E-state index is 0.0255. The molecule has 0 bridgehead atoms. The van der Waals surface area contributed by atoms with E-state index in [1.165, 1.54) is 16.1 Å². The van der Waals surface area contributed by atoms with E-state index in [1.54, 1.807) is 7.05 Å². The van der Waals surface area contributed by atoms with Gasteiger partial charge in [0.25, 0.3) is 5.91 Å². The first kappa shape index (κ1) is 14.8. The van der Waals surface area contributed by atoms with Crippen molar-refractivity contribution >= 4 is 17.5 Å². The first-order chi connectivity index (χ1) is 10.6. The normalized spacial score (nSPS) is 22.0. The number of hydrazone groups is 1. The number of rotatable bonds is 2. The number of benzene rings is 1. The number of hydrogen-bond acceptors (Lipinski definition) is 3. The summed E-state index contributed by atoms with van der Waals surface area (Å²) >= 11 is 0. The first-order valence-corrected chi connectivity index (χ1v) is 7.78. The number of carbonyl (C=O) groups is 2. The fourth-order valence-corrected chi connectivity index (χ4v) is 3.13. The highest BCUT2D eigenvalue weighted by Crippen LogP contribution is 2.32. The van der Waals surface area contributed by atoms with Crippen molar-refractivity contribution in [3.05, 3.63) is 35.4 Å². The molecule has 2 heterocycles. The molecule has 5 nitrogen and oxygen atoms in total. The Balaban J connectivity index is 1.81. The van der Waals surface area contributed by atoms with E-state index in [-0.39, 0.29) is 17.9 Å². The Kier molecular flexibility index (Phi) is 3.96. The monoisotopic (exact) mass is 299 g/mol. The van der Waals surface area contributed by atoms with Gasteiger partial charge in [-0.1, -0.05) is 29.8 Å². The lowest BCUT2D eigenvalue weighted by Crippen LogP contribution is -2.40. The fraction of sp³-hybridized carbons (Fsp3) is 0.471. The highest BCUT2D eigenvalue weighted by Gasteiger charge is 2.33. The largest absolute Gasteiger partial charge is 0.331 e. The SMILES string of the molecule is Cc1ccc(C2CCCN2C(=O)C2=NN(C)C(=O)CC2)cc1. The van der Waals surface area contributed by atoms with Crippen LogP contribution in [-0.4, -0.2) is 41.0 Å². The maximum atomic E-state index is 12.8. The van der Waals surface area contributed by atoms with Crippen LogP contribution in [0.25, 0.3) is 0 Å². The van der Waals surface area contributed by atoms with Gasteiger partial charge in [-0.15, -0.1) is 0 Å². The Hall–Kier alpha value is -2.17.